The highest BCUT2D eigenvalue weighted by Gasteiger charge is 2.36. The van der Waals surface area contributed by atoms with E-state index in [0.29, 0.717) is 11.2 Å². The van der Waals surface area contributed by atoms with Crippen LogP contribution in [0, 0.1) is 35.5 Å². The summed E-state index contributed by atoms with van der Waals surface area (Å²) in [6.07, 6.45) is 6.33. The first-order chi connectivity index (χ1) is 27.0. The molecule has 3 heterocycles. The highest BCUT2D eigenvalue weighted by atomic mass is 16.5. The van der Waals surface area contributed by atoms with Crippen LogP contribution in [0.2, 0.25) is 0 Å². The highest BCUT2D eigenvalue weighted by Crippen LogP contribution is 2.32. The Balaban J connectivity index is 1.84. The molecule has 14 heteroatoms. The number of phenolic OH excluding ortho intramolecular Hbond substituents is 1. The van der Waals surface area contributed by atoms with Crippen molar-refractivity contribution >= 4 is 51.6 Å². The van der Waals surface area contributed by atoms with Gasteiger partial charge in [0.05, 0.1) is 35.8 Å². The fourth-order valence-electron chi connectivity index (χ4n) is 7.38. The van der Waals surface area contributed by atoms with Gasteiger partial charge in [0.15, 0.2) is 17.3 Å². The molecule has 2 aromatic heterocycles. The molecule has 0 spiro atoms. The van der Waals surface area contributed by atoms with Crippen LogP contribution >= 0.6 is 0 Å². The number of benzene rings is 1. The Labute approximate surface area is 331 Å². The summed E-state index contributed by atoms with van der Waals surface area (Å²) >= 11 is 0. The first kappa shape index (κ1) is 42.8. The smallest absolute Gasteiger partial charge is 0.251 e. The molecule has 0 radical (unpaired) electrons. The van der Waals surface area contributed by atoms with Gasteiger partial charge < -0.3 is 45.3 Å². The Morgan fingerprint density at radius 3 is 2.32 bits per heavy atom. The number of aromatic nitrogens is 2. The van der Waals surface area contributed by atoms with Gasteiger partial charge in [-0.25, -0.2) is 4.98 Å². The minimum absolute atomic E-state index is 0.0183. The summed E-state index contributed by atoms with van der Waals surface area (Å²) in [5.74, 6) is 0.953. The number of ketones is 1. The second-order valence-corrected chi connectivity index (χ2v) is 15.1. The molecule has 3 aromatic rings. The number of fused-ring (bicyclic) bond motifs is 1. The number of hydrogen-bond acceptors (Lipinski definition) is 12. The normalized spacial score (nSPS) is 30.1. The molecule has 2 aliphatic rings. The molecule has 6 N–H and O–H groups in total. The van der Waals surface area contributed by atoms with Crippen molar-refractivity contribution in [2.75, 3.05) is 33.6 Å². The number of carbonyl (C=O) groups is 2. The monoisotopic (exact) mass is 783 g/mol. The Morgan fingerprint density at radius 2 is 1.65 bits per heavy atom. The summed E-state index contributed by atoms with van der Waals surface area (Å²) in [5.41, 5.74) is 1.60. The predicted molar refractivity (Wildman–Crippen MR) is 219 cm³/mol. The van der Waals surface area contributed by atoms with Crippen molar-refractivity contribution < 1.29 is 44.6 Å². The Hall–Kier alpha value is -5.30. The molecule has 1 aromatic carbocycles. The van der Waals surface area contributed by atoms with Crippen molar-refractivity contribution in [2.45, 2.75) is 71.6 Å². The van der Waals surface area contributed by atoms with E-state index in [-0.39, 0.29) is 44.7 Å². The standard InChI is InChI=1S/C43H53N5O9/c1-22-12-10-13-23(2)43(55)46-37-38-36(45-32-19-16-27(21-48(32)38)20-44-47(6)7)35-33(31(57-9)18-17-29(50)34(35)42(37)54)28(49)14-11-15-30(56-8)24(3)40(52)26(5)41(53)25(4)39(22)51/h10-13,15-16,19-22,24-26,30-31,39-41,50-54H,14H2,1-9H3,(H,46,55)/b12-10+,15-11+,23-13-,44-20+/t22-,24+,25+,26-,30-,31?,39-,40+,41+/m0/s1. The number of ether oxygens (including phenoxy) is 2. The number of phenols is 1. The zero-order valence-electron chi connectivity index (χ0n) is 33.8. The Morgan fingerprint density at radius 1 is 0.965 bits per heavy atom. The van der Waals surface area contributed by atoms with Crippen LogP contribution in [0.1, 0.15) is 46.6 Å². The third kappa shape index (κ3) is 8.68. The number of allylic oxidation sites excluding steroid dienone is 3. The van der Waals surface area contributed by atoms with E-state index in [2.05, 4.69) is 22.3 Å². The molecular formula is C43H53N5O9. The average molecular weight is 784 g/mol. The van der Waals surface area contributed by atoms with E-state index >= 15 is 0 Å². The van der Waals surface area contributed by atoms with Crippen LogP contribution < -0.4 is 15.8 Å². The molecule has 5 rings (SSSR count). The number of hydrogen-bond donors (Lipinski definition) is 6. The maximum atomic E-state index is 14.4. The molecule has 304 valence electrons. The van der Waals surface area contributed by atoms with E-state index in [1.54, 1.807) is 113 Å². The van der Waals surface area contributed by atoms with Crippen molar-refractivity contribution in [2.24, 2.45) is 28.8 Å². The third-order valence-electron chi connectivity index (χ3n) is 10.9. The number of amides is 1. The summed E-state index contributed by atoms with van der Waals surface area (Å²) < 4.78 is 13.1. The maximum absolute atomic E-state index is 14.4. The van der Waals surface area contributed by atoms with Crippen LogP contribution in [0.25, 0.3) is 28.0 Å². The second kappa shape index (κ2) is 17.9. The minimum Gasteiger partial charge on any atom is -0.505 e. The number of methoxy groups -OCH3 is 2. The molecule has 1 amide bonds. The van der Waals surface area contributed by atoms with Gasteiger partial charge in [0, 0.05) is 86.5 Å². The van der Waals surface area contributed by atoms with Gasteiger partial charge in [-0.1, -0.05) is 64.0 Å². The van der Waals surface area contributed by atoms with E-state index in [1.165, 1.54) is 14.2 Å². The van der Waals surface area contributed by atoms with Crippen molar-refractivity contribution in [1.29, 1.82) is 0 Å². The van der Waals surface area contributed by atoms with Gasteiger partial charge in [-0.3, -0.25) is 14.0 Å². The number of nitrogens with zero attached hydrogens (tertiary/aromatic N) is 4. The molecule has 9 atom stereocenters. The number of Topliss-reactive ketones (excluding diaryl/α,β-unsaturated/α-hetero) is 1. The quantitative estimate of drug-likeness (QED) is 0.0748. The molecule has 0 saturated carbocycles. The number of pyridine rings is 1. The number of imidazole rings is 1. The zero-order chi connectivity index (χ0) is 41.9. The van der Waals surface area contributed by atoms with Crippen LogP contribution in [0.3, 0.4) is 0 Å². The van der Waals surface area contributed by atoms with Crippen LogP contribution in [0.5, 0.6) is 5.75 Å². The van der Waals surface area contributed by atoms with Gasteiger partial charge in [0.25, 0.3) is 5.91 Å². The number of rotatable bonds is 4. The Bertz CT molecular complexity index is 2350. The van der Waals surface area contributed by atoms with E-state index in [1.807, 2.05) is 0 Å². The predicted octanol–water partition coefficient (Wildman–Crippen LogP) is 2.55. The number of aliphatic hydroxyl groups excluding tert-OH is 4. The van der Waals surface area contributed by atoms with Crippen molar-refractivity contribution in [1.82, 2.24) is 14.4 Å². The number of hydrazone groups is 1. The largest absolute Gasteiger partial charge is 0.505 e. The van der Waals surface area contributed by atoms with Gasteiger partial charge in [0.2, 0.25) is 0 Å². The maximum Gasteiger partial charge on any atom is 0.251 e. The molecule has 1 unspecified atom stereocenters. The van der Waals surface area contributed by atoms with Crippen LogP contribution in [0.4, 0.5) is 5.69 Å². The molecular weight excluding hydrogens is 730 g/mol. The second-order valence-electron chi connectivity index (χ2n) is 15.1. The van der Waals surface area contributed by atoms with E-state index in [0.717, 1.165) is 0 Å². The highest BCUT2D eigenvalue weighted by molar-refractivity contribution is 6.20. The summed E-state index contributed by atoms with van der Waals surface area (Å²) in [6.45, 7) is 8.55. The average Bonchev–Trinajstić information content (AvgIpc) is 3.49. The molecule has 2 bridgehead atoms. The van der Waals surface area contributed by atoms with Gasteiger partial charge in [0.1, 0.15) is 28.5 Å². The number of nitrogens with one attached hydrogen (secondary N) is 1. The number of aliphatic hydroxyl groups is 4. The molecule has 57 heavy (non-hydrogen) atoms. The summed E-state index contributed by atoms with van der Waals surface area (Å²) in [5, 5.41) is 66.0. The van der Waals surface area contributed by atoms with Gasteiger partial charge in [-0.15, -0.1) is 0 Å². The lowest BCUT2D eigenvalue weighted by molar-refractivity contribution is -0.114. The van der Waals surface area contributed by atoms with Gasteiger partial charge in [-0.05, 0) is 25.0 Å². The lowest BCUT2D eigenvalue weighted by Gasteiger charge is -2.36. The van der Waals surface area contributed by atoms with Crippen LogP contribution in [0.15, 0.2) is 59.4 Å². The lowest BCUT2D eigenvalue weighted by Crippen LogP contribution is -2.44. The first-order valence-corrected chi connectivity index (χ1v) is 18.8. The molecule has 0 fully saturated rings. The van der Waals surface area contributed by atoms with Crippen molar-refractivity contribution in [3.05, 3.63) is 70.3 Å². The summed E-state index contributed by atoms with van der Waals surface area (Å²) in [7, 11) is 6.40. The molecule has 1 aliphatic carbocycles. The lowest BCUT2D eigenvalue weighted by atomic mass is 9.78. The van der Waals surface area contributed by atoms with Gasteiger partial charge >= 0.3 is 0 Å². The topological polar surface area (TPSA) is 199 Å². The van der Waals surface area contributed by atoms with E-state index in [4.69, 9.17) is 14.5 Å². The number of aromatic hydroxyl groups is 1. The van der Waals surface area contributed by atoms with Gasteiger partial charge in [-0.2, -0.15) is 5.10 Å². The van der Waals surface area contributed by atoms with Crippen LogP contribution in [-0.2, 0) is 19.1 Å². The molecule has 0 saturated heterocycles. The van der Waals surface area contributed by atoms with E-state index < -0.39 is 77.4 Å². The number of carbonyl (C=O) groups excluding carboxylic acids is 2. The first-order valence-electron chi connectivity index (χ1n) is 18.8. The number of anilines is 1. The zero-order valence-corrected chi connectivity index (χ0v) is 33.8. The molecule has 1 aliphatic heterocycles. The summed E-state index contributed by atoms with van der Waals surface area (Å²) in [4.78, 5) is 33.2. The Kier molecular flexibility index (Phi) is 13.4. The summed E-state index contributed by atoms with van der Waals surface area (Å²) in [6, 6.07) is 3.52. The van der Waals surface area contributed by atoms with Crippen molar-refractivity contribution in [3.63, 3.8) is 0 Å². The minimum atomic E-state index is -1.16. The van der Waals surface area contributed by atoms with Crippen molar-refractivity contribution in [3.8, 4) is 17.6 Å². The fourth-order valence-corrected chi connectivity index (χ4v) is 7.38. The molecule has 14 nitrogen and oxygen atoms in total. The fraction of sp³-hybridized carbons (Fsp3) is 0.442. The SMILES string of the molecule is COC1C#CC(O)=c2c(O)c3c4c(nc5ccc(/C=N/N(C)C)cn54)c2=C1C(=O)C/C=C/[C@H](OC)[C@@H](C)[C@@H](O)[C@H](C)[C@H](O)[C@H](C)[C@@H](O)[C@@H](C)/C=C/C=C(/C)C(=O)N3. The van der Waals surface area contributed by atoms with Crippen LogP contribution in [-0.4, -0.2) is 117 Å². The van der Waals surface area contributed by atoms with E-state index in [9.17, 15) is 35.1 Å². The third-order valence-corrected chi connectivity index (χ3v) is 10.9.